The molecule has 0 saturated carbocycles. The molecule has 0 unspecified atom stereocenters. The number of likely N-dealkylation sites (N-methyl/N-ethyl adjacent to an activating group) is 1. The number of methoxy groups -OCH3 is 1. The third kappa shape index (κ3) is 1.32. The van der Waals surface area contributed by atoms with E-state index < -0.39 is 0 Å². The number of carbonyl (C=O) groups is 2. The first-order valence-electron chi connectivity index (χ1n) is 3.68. The largest absolute Gasteiger partial charge is 0.491 e. The number of ether oxygens (including phenoxy) is 1. The lowest BCUT2D eigenvalue weighted by atomic mass is 10.1. The first-order valence-corrected chi connectivity index (χ1v) is 3.68. The van der Waals surface area contributed by atoms with E-state index in [1.807, 2.05) is 0 Å². The Kier molecular flexibility index (Phi) is 2.47. The van der Waals surface area contributed by atoms with Gasteiger partial charge in [0.2, 0.25) is 0 Å². The lowest BCUT2D eigenvalue weighted by molar-refractivity contribution is -0.130. The molecule has 0 aliphatic carbocycles. The fourth-order valence-electron chi connectivity index (χ4n) is 1.14. The Labute approximate surface area is 70.8 Å². The maximum Gasteiger partial charge on any atom is 0.289 e. The van der Waals surface area contributed by atoms with Crippen molar-refractivity contribution in [3.8, 4) is 0 Å². The lowest BCUT2D eigenvalue weighted by Gasteiger charge is -2.23. The molecule has 1 amide bonds. The van der Waals surface area contributed by atoms with Crippen LogP contribution in [0.15, 0.2) is 11.3 Å². The monoisotopic (exact) mass is 169 g/mol. The van der Waals surface area contributed by atoms with Crippen molar-refractivity contribution in [3.63, 3.8) is 0 Å². The van der Waals surface area contributed by atoms with E-state index in [1.165, 1.54) is 12.0 Å². The Balaban J connectivity index is 2.99. The van der Waals surface area contributed by atoms with Gasteiger partial charge in [0.25, 0.3) is 5.91 Å². The van der Waals surface area contributed by atoms with Crippen molar-refractivity contribution in [1.82, 2.24) is 4.90 Å². The summed E-state index contributed by atoms with van der Waals surface area (Å²) in [5.41, 5.74) is 0.459. The van der Waals surface area contributed by atoms with Gasteiger partial charge in [0.05, 0.1) is 7.11 Å². The minimum absolute atomic E-state index is 0.179. The maximum atomic E-state index is 11.3. The topological polar surface area (TPSA) is 46.6 Å². The summed E-state index contributed by atoms with van der Waals surface area (Å²) in [7, 11) is 3.08. The van der Waals surface area contributed by atoms with Gasteiger partial charge in [0.15, 0.2) is 5.76 Å². The zero-order valence-electron chi connectivity index (χ0n) is 7.16. The fourth-order valence-corrected chi connectivity index (χ4v) is 1.14. The van der Waals surface area contributed by atoms with Crippen LogP contribution in [0.5, 0.6) is 0 Å². The van der Waals surface area contributed by atoms with Crippen molar-refractivity contribution in [2.24, 2.45) is 0 Å². The molecule has 0 spiro atoms. The van der Waals surface area contributed by atoms with Gasteiger partial charge in [-0.2, -0.15) is 0 Å². The maximum absolute atomic E-state index is 11.3. The average Bonchev–Trinajstić information content (AvgIpc) is 2.09. The van der Waals surface area contributed by atoms with Crippen LogP contribution in [0.1, 0.15) is 6.42 Å². The van der Waals surface area contributed by atoms with E-state index in [2.05, 4.69) is 0 Å². The van der Waals surface area contributed by atoms with Gasteiger partial charge in [-0.25, -0.2) is 0 Å². The number of nitrogens with zero attached hydrogens (tertiary/aromatic N) is 1. The number of amides is 1. The number of hydrogen-bond donors (Lipinski definition) is 0. The second-order valence-electron chi connectivity index (χ2n) is 2.65. The van der Waals surface area contributed by atoms with Crippen LogP contribution in [-0.4, -0.2) is 37.8 Å². The van der Waals surface area contributed by atoms with Crippen LogP contribution in [0.4, 0.5) is 0 Å². The highest BCUT2D eigenvalue weighted by atomic mass is 16.5. The van der Waals surface area contributed by atoms with Crippen LogP contribution in [0.2, 0.25) is 0 Å². The zero-order chi connectivity index (χ0) is 9.14. The SMILES string of the molecule is COC1=C(C=O)CCN(C)C1=O. The van der Waals surface area contributed by atoms with E-state index >= 15 is 0 Å². The minimum atomic E-state index is -0.217. The van der Waals surface area contributed by atoms with Gasteiger partial charge >= 0.3 is 0 Å². The van der Waals surface area contributed by atoms with Gasteiger partial charge in [0.1, 0.15) is 6.29 Å². The van der Waals surface area contributed by atoms with Crippen molar-refractivity contribution in [2.75, 3.05) is 20.7 Å². The summed E-state index contributed by atoms with van der Waals surface area (Å²) in [6.07, 6.45) is 1.26. The molecule has 4 heteroatoms. The molecule has 0 radical (unpaired) electrons. The fraction of sp³-hybridized carbons (Fsp3) is 0.500. The van der Waals surface area contributed by atoms with Crippen LogP contribution >= 0.6 is 0 Å². The Morgan fingerprint density at radius 3 is 2.75 bits per heavy atom. The summed E-state index contributed by atoms with van der Waals surface area (Å²) in [5, 5.41) is 0. The predicted octanol–water partition coefficient (Wildman–Crippen LogP) is -0.0521. The van der Waals surface area contributed by atoms with E-state index in [4.69, 9.17) is 4.74 Å². The average molecular weight is 169 g/mol. The third-order valence-electron chi connectivity index (χ3n) is 1.90. The van der Waals surface area contributed by atoms with Crippen molar-refractivity contribution < 1.29 is 14.3 Å². The Hall–Kier alpha value is -1.32. The van der Waals surface area contributed by atoms with Gasteiger partial charge in [-0.05, 0) is 6.42 Å². The number of rotatable bonds is 2. The predicted molar refractivity (Wildman–Crippen MR) is 42.4 cm³/mol. The van der Waals surface area contributed by atoms with E-state index in [0.717, 1.165) is 0 Å². The smallest absolute Gasteiger partial charge is 0.289 e. The van der Waals surface area contributed by atoms with Gasteiger partial charge in [-0.3, -0.25) is 9.59 Å². The highest BCUT2D eigenvalue weighted by Crippen LogP contribution is 2.16. The molecular weight excluding hydrogens is 158 g/mol. The molecule has 0 fully saturated rings. The molecule has 1 heterocycles. The molecule has 1 aliphatic heterocycles. The molecule has 0 atom stereocenters. The minimum Gasteiger partial charge on any atom is -0.491 e. The summed E-state index contributed by atoms with van der Waals surface area (Å²) < 4.78 is 4.83. The number of hydrogen-bond acceptors (Lipinski definition) is 3. The van der Waals surface area contributed by atoms with Crippen molar-refractivity contribution in [1.29, 1.82) is 0 Å². The molecule has 1 aliphatic rings. The number of carbonyl (C=O) groups excluding carboxylic acids is 2. The van der Waals surface area contributed by atoms with Crippen LogP contribution in [0.25, 0.3) is 0 Å². The summed E-state index contributed by atoms with van der Waals surface area (Å²) in [4.78, 5) is 23.3. The molecule has 0 saturated heterocycles. The van der Waals surface area contributed by atoms with Crippen molar-refractivity contribution >= 4 is 12.2 Å². The molecule has 0 N–H and O–H groups in total. The second-order valence-corrected chi connectivity index (χ2v) is 2.65. The quantitative estimate of drug-likeness (QED) is 0.544. The van der Waals surface area contributed by atoms with Crippen molar-refractivity contribution in [2.45, 2.75) is 6.42 Å². The van der Waals surface area contributed by atoms with E-state index in [0.29, 0.717) is 24.8 Å². The highest BCUT2D eigenvalue weighted by molar-refractivity contribution is 5.98. The standard InChI is InChI=1S/C8H11NO3/c1-9-4-3-6(5-10)7(12-2)8(9)11/h5H,3-4H2,1-2H3. The first-order chi connectivity index (χ1) is 5.70. The van der Waals surface area contributed by atoms with Crippen LogP contribution in [-0.2, 0) is 14.3 Å². The molecule has 0 bridgehead atoms. The zero-order valence-corrected chi connectivity index (χ0v) is 7.16. The second kappa shape index (κ2) is 3.38. The van der Waals surface area contributed by atoms with Crippen LogP contribution in [0, 0.1) is 0 Å². The van der Waals surface area contributed by atoms with E-state index in [1.54, 1.807) is 7.05 Å². The molecule has 0 aromatic carbocycles. The highest BCUT2D eigenvalue weighted by Gasteiger charge is 2.24. The van der Waals surface area contributed by atoms with Gasteiger partial charge < -0.3 is 9.64 Å². The molecule has 0 aromatic rings. The Bertz CT molecular complexity index is 245. The summed E-state index contributed by atoms with van der Waals surface area (Å²) in [5.74, 6) is -0.0374. The van der Waals surface area contributed by atoms with Gasteiger partial charge in [-0.1, -0.05) is 0 Å². The van der Waals surface area contributed by atoms with Gasteiger partial charge in [0, 0.05) is 19.2 Å². The Morgan fingerprint density at radius 1 is 1.58 bits per heavy atom. The van der Waals surface area contributed by atoms with Crippen LogP contribution in [0.3, 0.4) is 0 Å². The van der Waals surface area contributed by atoms with E-state index in [9.17, 15) is 9.59 Å². The molecule has 1 rings (SSSR count). The molecule has 12 heavy (non-hydrogen) atoms. The van der Waals surface area contributed by atoms with E-state index in [-0.39, 0.29) is 11.7 Å². The van der Waals surface area contributed by atoms with Gasteiger partial charge in [-0.15, -0.1) is 0 Å². The summed E-state index contributed by atoms with van der Waals surface area (Å²) in [6, 6.07) is 0. The molecule has 66 valence electrons. The summed E-state index contributed by atoms with van der Waals surface area (Å²) in [6.45, 7) is 0.583. The summed E-state index contributed by atoms with van der Waals surface area (Å²) >= 11 is 0. The normalized spacial score (nSPS) is 18.2. The molecular formula is C8H11NO3. The Morgan fingerprint density at radius 2 is 2.25 bits per heavy atom. The first kappa shape index (κ1) is 8.77. The molecule has 0 aromatic heterocycles. The van der Waals surface area contributed by atoms with Crippen molar-refractivity contribution in [3.05, 3.63) is 11.3 Å². The third-order valence-corrected chi connectivity index (χ3v) is 1.90. The lowest BCUT2D eigenvalue weighted by Crippen LogP contribution is -2.34. The molecule has 4 nitrogen and oxygen atoms in total. The van der Waals surface area contributed by atoms with Crippen LogP contribution < -0.4 is 0 Å². The number of aldehydes is 1.